The van der Waals surface area contributed by atoms with Crippen LogP contribution in [-0.2, 0) is 0 Å². The zero-order valence-corrected chi connectivity index (χ0v) is 18.0. The molecule has 0 radical (unpaired) electrons. The van der Waals surface area contributed by atoms with Crippen LogP contribution >= 0.6 is 11.6 Å². The smallest absolute Gasteiger partial charge is 0.351 e. The molecule has 0 unspecified atom stereocenters. The number of aryl methyl sites for hydroxylation is 1. The van der Waals surface area contributed by atoms with E-state index in [9.17, 15) is 14.4 Å². The minimum absolute atomic E-state index is 0.0633. The molecule has 0 aliphatic carbocycles. The Balaban J connectivity index is 1.69. The van der Waals surface area contributed by atoms with Crippen molar-refractivity contribution in [3.63, 3.8) is 0 Å². The van der Waals surface area contributed by atoms with Crippen LogP contribution in [0.3, 0.4) is 0 Å². The van der Waals surface area contributed by atoms with Crippen LogP contribution in [0.5, 0.6) is 5.75 Å². The predicted octanol–water partition coefficient (Wildman–Crippen LogP) is 5.75. The number of carbonyl (C=O) groups excluding carboxylic acids is 1. The Kier molecular flexibility index (Phi) is 5.07. The number of ether oxygens (including phenoxy) is 1. The number of hydrogen-bond donors (Lipinski definition) is 0. The molecule has 5 rings (SSSR count). The zero-order chi connectivity index (χ0) is 23.1. The molecule has 0 N–H and O–H groups in total. The van der Waals surface area contributed by atoms with E-state index in [0.29, 0.717) is 21.6 Å². The van der Waals surface area contributed by atoms with Crippen LogP contribution in [0.2, 0.25) is 5.02 Å². The number of esters is 1. The lowest BCUT2D eigenvalue weighted by Crippen LogP contribution is -2.22. The number of halogens is 1. The van der Waals surface area contributed by atoms with Crippen LogP contribution in [-0.4, -0.2) is 5.97 Å². The molecule has 162 valence electrons. The minimum atomic E-state index is -1.03. The van der Waals surface area contributed by atoms with Crippen LogP contribution in [0.4, 0.5) is 0 Å². The van der Waals surface area contributed by atoms with E-state index < -0.39 is 17.0 Å². The second-order valence-electron chi connectivity index (χ2n) is 7.47. The molecule has 0 fully saturated rings. The van der Waals surface area contributed by atoms with E-state index in [4.69, 9.17) is 25.2 Å². The monoisotopic (exact) mass is 458 g/mol. The van der Waals surface area contributed by atoms with Gasteiger partial charge in [0.2, 0.25) is 11.2 Å². The first kappa shape index (κ1) is 20.7. The summed E-state index contributed by atoms with van der Waals surface area (Å²) in [5, 5.41) is 1.01. The number of fused-ring (bicyclic) bond motifs is 2. The van der Waals surface area contributed by atoms with Gasteiger partial charge in [0.1, 0.15) is 16.7 Å². The van der Waals surface area contributed by atoms with Crippen LogP contribution in [0.15, 0.2) is 91.2 Å². The van der Waals surface area contributed by atoms with Crippen molar-refractivity contribution in [3.05, 3.63) is 110 Å². The first-order valence-corrected chi connectivity index (χ1v) is 10.4. The van der Waals surface area contributed by atoms with Crippen molar-refractivity contribution in [3.8, 4) is 17.1 Å². The van der Waals surface area contributed by atoms with Crippen LogP contribution < -0.4 is 15.8 Å². The molecule has 0 amide bonds. The summed E-state index contributed by atoms with van der Waals surface area (Å²) in [7, 11) is 0. The van der Waals surface area contributed by atoms with E-state index in [2.05, 4.69) is 0 Å². The van der Waals surface area contributed by atoms with Crippen molar-refractivity contribution in [1.29, 1.82) is 0 Å². The lowest BCUT2D eigenvalue weighted by molar-refractivity contribution is 0.0727. The number of benzene rings is 3. The molecule has 7 heteroatoms. The Bertz CT molecular complexity index is 1660. The normalized spacial score (nSPS) is 11.1. The van der Waals surface area contributed by atoms with Crippen LogP contribution in [0.1, 0.15) is 15.9 Å². The number of hydrogen-bond acceptors (Lipinski definition) is 6. The molecule has 33 heavy (non-hydrogen) atoms. The molecule has 0 saturated heterocycles. The summed E-state index contributed by atoms with van der Waals surface area (Å²) >= 11 is 6.05. The van der Waals surface area contributed by atoms with Gasteiger partial charge in [0.15, 0.2) is 5.76 Å². The number of para-hydroxylation sites is 1. The third kappa shape index (κ3) is 3.81. The summed E-state index contributed by atoms with van der Waals surface area (Å²) in [5.74, 6) is -1.31. The molecule has 0 atom stereocenters. The van der Waals surface area contributed by atoms with Crippen LogP contribution in [0, 0.1) is 6.92 Å². The van der Waals surface area contributed by atoms with Gasteiger partial charge >= 0.3 is 11.6 Å². The first-order chi connectivity index (χ1) is 15.9. The van der Waals surface area contributed by atoms with Gasteiger partial charge in [0.25, 0.3) is 0 Å². The molecule has 2 aromatic heterocycles. The maximum Gasteiger partial charge on any atom is 0.351 e. The highest BCUT2D eigenvalue weighted by Gasteiger charge is 2.24. The molecule has 0 aliphatic rings. The van der Waals surface area contributed by atoms with E-state index in [0.717, 1.165) is 5.56 Å². The molecule has 6 nitrogen and oxygen atoms in total. The highest BCUT2D eigenvalue weighted by molar-refractivity contribution is 6.31. The molecule has 0 bridgehead atoms. The van der Waals surface area contributed by atoms with E-state index in [1.54, 1.807) is 48.5 Å². The van der Waals surface area contributed by atoms with Crippen LogP contribution in [0.25, 0.3) is 33.3 Å². The highest BCUT2D eigenvalue weighted by atomic mass is 35.5. The van der Waals surface area contributed by atoms with Crippen molar-refractivity contribution in [1.82, 2.24) is 0 Å². The molecule has 2 heterocycles. The molecule has 0 saturated carbocycles. The zero-order valence-electron chi connectivity index (χ0n) is 17.3. The quantitative estimate of drug-likeness (QED) is 0.253. The summed E-state index contributed by atoms with van der Waals surface area (Å²) < 4.78 is 16.7. The molecule has 0 spiro atoms. The molecule has 5 aromatic rings. The third-order valence-electron chi connectivity index (χ3n) is 5.18. The molecule has 0 aliphatic heterocycles. The van der Waals surface area contributed by atoms with Gasteiger partial charge in [-0.25, -0.2) is 9.59 Å². The van der Waals surface area contributed by atoms with Crippen molar-refractivity contribution in [2.45, 2.75) is 6.92 Å². The average molecular weight is 459 g/mol. The fourth-order valence-electron chi connectivity index (χ4n) is 3.49. The number of carbonyl (C=O) groups is 1. The SMILES string of the molecule is Cc1ccc(-c2oc3ccc(Cl)cc3c(=O)c2OC(=O)c2cc3ccccc3oc2=O)cc1. The summed E-state index contributed by atoms with van der Waals surface area (Å²) in [6.07, 6.45) is 0. The topological polar surface area (TPSA) is 86.7 Å². The van der Waals surface area contributed by atoms with Gasteiger partial charge in [-0.2, -0.15) is 0 Å². The summed E-state index contributed by atoms with van der Waals surface area (Å²) in [6.45, 7) is 1.92. The second kappa shape index (κ2) is 8.07. The van der Waals surface area contributed by atoms with Gasteiger partial charge in [0, 0.05) is 16.0 Å². The maximum absolute atomic E-state index is 13.3. The standard InChI is InChI=1S/C26H15ClO6/c1-14-6-8-15(9-7-14)23-24(22(28)18-13-17(27)10-11-21(18)31-23)33-26(30)19-12-16-4-2-3-5-20(16)32-25(19)29/h2-13H,1H3. The number of rotatable bonds is 3. The second-order valence-corrected chi connectivity index (χ2v) is 7.91. The Hall–Kier alpha value is -4.16. The Morgan fingerprint density at radius 2 is 1.64 bits per heavy atom. The van der Waals surface area contributed by atoms with E-state index >= 15 is 0 Å². The Morgan fingerprint density at radius 3 is 2.42 bits per heavy atom. The fraction of sp³-hybridized carbons (Fsp3) is 0.0385. The first-order valence-electron chi connectivity index (χ1n) is 9.99. The van der Waals surface area contributed by atoms with Gasteiger partial charge < -0.3 is 13.6 Å². The summed E-state index contributed by atoms with van der Waals surface area (Å²) in [5.41, 5.74) is 0.346. The van der Waals surface area contributed by atoms with Gasteiger partial charge in [0.05, 0.1) is 5.39 Å². The largest absolute Gasteiger partial charge is 0.452 e. The third-order valence-corrected chi connectivity index (χ3v) is 5.42. The van der Waals surface area contributed by atoms with Gasteiger partial charge in [-0.05, 0) is 37.3 Å². The van der Waals surface area contributed by atoms with Crippen molar-refractivity contribution in [2.24, 2.45) is 0 Å². The van der Waals surface area contributed by atoms with E-state index in [1.165, 1.54) is 12.1 Å². The predicted molar refractivity (Wildman–Crippen MR) is 125 cm³/mol. The highest BCUT2D eigenvalue weighted by Crippen LogP contribution is 2.32. The van der Waals surface area contributed by atoms with E-state index in [-0.39, 0.29) is 28.0 Å². The molecule has 3 aromatic carbocycles. The van der Waals surface area contributed by atoms with Gasteiger partial charge in [-0.3, -0.25) is 4.79 Å². The van der Waals surface area contributed by atoms with Gasteiger partial charge in [-0.1, -0.05) is 59.6 Å². The molecular formula is C26H15ClO6. The molecular weight excluding hydrogens is 444 g/mol. The lowest BCUT2D eigenvalue weighted by Gasteiger charge is -2.11. The fourth-order valence-corrected chi connectivity index (χ4v) is 3.66. The van der Waals surface area contributed by atoms with Crippen molar-refractivity contribution >= 4 is 39.5 Å². The Labute approximate surface area is 191 Å². The van der Waals surface area contributed by atoms with Crippen molar-refractivity contribution < 1.29 is 18.4 Å². The lowest BCUT2D eigenvalue weighted by atomic mass is 10.1. The van der Waals surface area contributed by atoms with Gasteiger partial charge in [-0.15, -0.1) is 0 Å². The van der Waals surface area contributed by atoms with Crippen molar-refractivity contribution in [2.75, 3.05) is 0 Å². The summed E-state index contributed by atoms with van der Waals surface area (Å²) in [4.78, 5) is 38.7. The Morgan fingerprint density at radius 1 is 0.879 bits per heavy atom. The summed E-state index contributed by atoms with van der Waals surface area (Å²) in [6, 6.07) is 19.9. The minimum Gasteiger partial charge on any atom is -0.452 e. The van der Waals surface area contributed by atoms with E-state index in [1.807, 2.05) is 19.1 Å². The maximum atomic E-state index is 13.3. The average Bonchev–Trinajstić information content (AvgIpc) is 2.81.